The summed E-state index contributed by atoms with van der Waals surface area (Å²) < 4.78 is 51.9. The Bertz CT molecular complexity index is 719. The summed E-state index contributed by atoms with van der Waals surface area (Å²) in [6.07, 6.45) is 0.211. The number of nitrogens with zero attached hydrogens (tertiary/aromatic N) is 2. The number of alkyl halides is 3. The molecule has 2 atom stereocenters. The van der Waals surface area contributed by atoms with Crippen molar-refractivity contribution in [1.82, 2.24) is 9.80 Å². The predicted molar refractivity (Wildman–Crippen MR) is 126 cm³/mol. The number of rotatable bonds is 9. The summed E-state index contributed by atoms with van der Waals surface area (Å²) in [6, 6.07) is 5.07. The van der Waals surface area contributed by atoms with Crippen molar-refractivity contribution in [1.29, 1.82) is 0 Å². The van der Waals surface area contributed by atoms with Gasteiger partial charge in [-0.05, 0) is 59.3 Å². The first-order valence-corrected chi connectivity index (χ1v) is 11.9. The lowest BCUT2D eigenvalue weighted by Crippen LogP contribution is -2.64. The van der Waals surface area contributed by atoms with Crippen LogP contribution in [0.5, 0.6) is 0 Å². The highest BCUT2D eigenvalue weighted by molar-refractivity contribution is 7.80. The van der Waals surface area contributed by atoms with Gasteiger partial charge in [0.25, 0.3) is 0 Å². The Balaban J connectivity index is 2.55. The second-order valence-electron chi connectivity index (χ2n) is 8.47. The molecule has 182 valence electrons. The van der Waals surface area contributed by atoms with Crippen molar-refractivity contribution in [2.45, 2.75) is 76.9 Å². The fourth-order valence-electron chi connectivity index (χ4n) is 4.73. The van der Waals surface area contributed by atoms with E-state index in [1.165, 1.54) is 12.1 Å². The molecule has 0 saturated heterocycles. The lowest BCUT2D eigenvalue weighted by molar-refractivity contribution is -0.269. The highest BCUT2D eigenvalue weighted by atomic mass is 32.1. The van der Waals surface area contributed by atoms with Gasteiger partial charge in [0.1, 0.15) is 4.99 Å². The molecular weight excluding hydrogens is 437 g/mol. The molecule has 1 aliphatic carbocycles. The molecule has 8 heteroatoms. The fraction of sp³-hybridized carbons (Fsp3) is 0.708. The second kappa shape index (κ2) is 11.8. The topological polar surface area (TPSA) is 24.9 Å². The molecule has 1 fully saturated rings. The van der Waals surface area contributed by atoms with Gasteiger partial charge in [0.2, 0.25) is 0 Å². The lowest BCUT2D eigenvalue weighted by Gasteiger charge is -2.50. The van der Waals surface area contributed by atoms with Crippen LogP contribution in [0.1, 0.15) is 64.0 Å². The average Bonchev–Trinajstić information content (AvgIpc) is 2.91. The minimum atomic E-state index is -4.38. The molecule has 1 aromatic rings. The van der Waals surface area contributed by atoms with Crippen LogP contribution in [0.3, 0.4) is 0 Å². The van der Waals surface area contributed by atoms with Crippen molar-refractivity contribution in [3.05, 3.63) is 35.4 Å². The van der Waals surface area contributed by atoms with Crippen LogP contribution in [-0.4, -0.2) is 66.5 Å². The maximum Gasteiger partial charge on any atom is 0.416 e. The van der Waals surface area contributed by atoms with Crippen molar-refractivity contribution in [2.75, 3.05) is 33.9 Å². The first kappa shape index (κ1) is 27.0. The van der Waals surface area contributed by atoms with Crippen molar-refractivity contribution in [3.63, 3.8) is 0 Å². The molecular formula is C24H37F3N2O2S. The molecule has 0 spiro atoms. The minimum Gasteiger partial charge on any atom is -0.352 e. The first-order chi connectivity index (χ1) is 15.1. The molecule has 2 unspecified atom stereocenters. The standard InChI is InChI=1S/C24H37F3N2O2S/c1-6-17-29(22(32)18-12-14-19(15-13-18)24(25,26)27)21-20(28(4)5)11-9-10-16-23(21,30-7-2)31-8-3/h12-15,20-21H,6-11,16-17H2,1-5H3. The number of thiocarbonyl (C=S) groups is 1. The Morgan fingerprint density at radius 1 is 1.06 bits per heavy atom. The third kappa shape index (κ3) is 6.22. The highest BCUT2D eigenvalue weighted by Gasteiger charge is 2.50. The Morgan fingerprint density at radius 3 is 2.12 bits per heavy atom. The largest absolute Gasteiger partial charge is 0.416 e. The summed E-state index contributed by atoms with van der Waals surface area (Å²) in [5, 5.41) is 0. The maximum absolute atomic E-state index is 13.1. The SMILES string of the molecule is CCCN(C(=S)c1ccc(C(F)(F)F)cc1)C1C(N(C)C)CCCCC1(OCC)OCC. The van der Waals surface area contributed by atoms with Crippen LogP contribution in [0.4, 0.5) is 13.2 Å². The van der Waals surface area contributed by atoms with Crippen molar-refractivity contribution >= 4 is 17.2 Å². The monoisotopic (exact) mass is 474 g/mol. The van der Waals surface area contributed by atoms with Gasteiger partial charge in [-0.3, -0.25) is 0 Å². The number of halogens is 3. The normalized spacial score (nSPS) is 21.4. The van der Waals surface area contributed by atoms with E-state index >= 15 is 0 Å². The van der Waals surface area contributed by atoms with E-state index in [2.05, 4.69) is 30.8 Å². The van der Waals surface area contributed by atoms with Crippen molar-refractivity contribution < 1.29 is 22.6 Å². The summed E-state index contributed by atoms with van der Waals surface area (Å²) in [4.78, 5) is 4.86. The number of ether oxygens (including phenoxy) is 2. The summed E-state index contributed by atoms with van der Waals surface area (Å²) >= 11 is 5.89. The van der Waals surface area contributed by atoms with Crippen LogP contribution in [0.15, 0.2) is 24.3 Å². The zero-order chi connectivity index (χ0) is 23.9. The number of benzene rings is 1. The number of likely N-dealkylation sites (N-methyl/N-ethyl adjacent to an activating group) is 1. The van der Waals surface area contributed by atoms with E-state index < -0.39 is 17.5 Å². The van der Waals surface area contributed by atoms with Gasteiger partial charge in [-0.1, -0.05) is 37.7 Å². The van der Waals surface area contributed by atoms with Crippen molar-refractivity contribution in [2.24, 2.45) is 0 Å². The molecule has 1 saturated carbocycles. The van der Waals surface area contributed by atoms with Crippen molar-refractivity contribution in [3.8, 4) is 0 Å². The zero-order valence-corrected chi connectivity index (χ0v) is 20.7. The highest BCUT2D eigenvalue weighted by Crippen LogP contribution is 2.38. The number of hydrogen-bond donors (Lipinski definition) is 0. The van der Waals surface area contributed by atoms with E-state index in [4.69, 9.17) is 21.7 Å². The van der Waals surface area contributed by atoms with Crippen LogP contribution < -0.4 is 0 Å². The number of hydrogen-bond acceptors (Lipinski definition) is 4. The molecule has 2 rings (SSSR count). The Hall–Kier alpha value is -1.22. The molecule has 0 bridgehead atoms. The van der Waals surface area contributed by atoms with Gasteiger partial charge in [-0.2, -0.15) is 13.2 Å². The first-order valence-electron chi connectivity index (χ1n) is 11.5. The Kier molecular flexibility index (Phi) is 9.94. The minimum absolute atomic E-state index is 0.120. The molecule has 0 amide bonds. The van der Waals surface area contributed by atoms with E-state index in [-0.39, 0.29) is 12.1 Å². The van der Waals surface area contributed by atoms with Gasteiger partial charge in [-0.15, -0.1) is 0 Å². The molecule has 0 aromatic heterocycles. The van der Waals surface area contributed by atoms with Gasteiger partial charge in [0.15, 0.2) is 5.79 Å². The van der Waals surface area contributed by atoms with Crippen LogP contribution in [-0.2, 0) is 15.7 Å². The Morgan fingerprint density at radius 2 is 1.66 bits per heavy atom. The van der Waals surface area contributed by atoms with E-state index in [1.807, 2.05) is 13.8 Å². The van der Waals surface area contributed by atoms with Crippen LogP contribution in [0, 0.1) is 0 Å². The van der Waals surface area contributed by atoms with Gasteiger partial charge in [0.05, 0.1) is 11.6 Å². The molecule has 0 aliphatic heterocycles. The second-order valence-corrected chi connectivity index (χ2v) is 8.86. The molecule has 1 aliphatic rings. The smallest absolute Gasteiger partial charge is 0.352 e. The predicted octanol–water partition coefficient (Wildman–Crippen LogP) is 5.74. The molecule has 32 heavy (non-hydrogen) atoms. The molecule has 4 nitrogen and oxygen atoms in total. The average molecular weight is 475 g/mol. The van der Waals surface area contributed by atoms with E-state index in [0.717, 1.165) is 44.2 Å². The zero-order valence-electron chi connectivity index (χ0n) is 19.9. The lowest BCUT2D eigenvalue weighted by atomic mass is 9.93. The molecule has 1 aromatic carbocycles. The van der Waals surface area contributed by atoms with Gasteiger partial charge < -0.3 is 19.3 Å². The summed E-state index contributed by atoms with van der Waals surface area (Å²) in [7, 11) is 4.11. The molecule has 0 heterocycles. The third-order valence-corrected chi connectivity index (χ3v) is 6.52. The fourth-order valence-corrected chi connectivity index (χ4v) is 5.07. The van der Waals surface area contributed by atoms with E-state index in [1.54, 1.807) is 0 Å². The van der Waals surface area contributed by atoms with Gasteiger partial charge in [-0.25, -0.2) is 0 Å². The van der Waals surface area contributed by atoms with Gasteiger partial charge >= 0.3 is 6.18 Å². The maximum atomic E-state index is 13.1. The van der Waals surface area contributed by atoms with Gasteiger partial charge in [0, 0.05) is 37.8 Å². The summed E-state index contributed by atoms with van der Waals surface area (Å²) in [5.74, 6) is -0.833. The molecule has 0 radical (unpaired) electrons. The quantitative estimate of drug-likeness (QED) is 0.258. The summed E-state index contributed by atoms with van der Waals surface area (Å²) in [6.45, 7) is 7.67. The third-order valence-electron chi connectivity index (χ3n) is 6.05. The Labute approximate surface area is 196 Å². The van der Waals surface area contributed by atoms with E-state index in [9.17, 15) is 13.2 Å². The van der Waals surface area contributed by atoms with Crippen LogP contribution in [0.2, 0.25) is 0 Å². The van der Waals surface area contributed by atoms with E-state index in [0.29, 0.717) is 30.3 Å². The van der Waals surface area contributed by atoms with Crippen LogP contribution >= 0.6 is 12.2 Å². The summed E-state index contributed by atoms with van der Waals surface area (Å²) in [5.41, 5.74) is -0.0743. The molecule has 0 N–H and O–H groups in total. The van der Waals surface area contributed by atoms with Crippen LogP contribution in [0.25, 0.3) is 0 Å².